The van der Waals surface area contributed by atoms with Gasteiger partial charge in [-0.05, 0) is 43.4 Å². The first kappa shape index (κ1) is 20.2. The number of methoxy groups -OCH3 is 1. The predicted octanol–water partition coefficient (Wildman–Crippen LogP) is 1.67. The molecule has 0 unspecified atom stereocenters. The number of hydrogen-bond donors (Lipinski definition) is 1. The molecule has 0 radical (unpaired) electrons. The highest BCUT2D eigenvalue weighted by Gasteiger charge is 2.22. The van der Waals surface area contributed by atoms with E-state index in [1.54, 1.807) is 12.0 Å². The molecule has 1 aliphatic heterocycles. The van der Waals surface area contributed by atoms with Crippen molar-refractivity contribution in [2.75, 3.05) is 40.3 Å². The summed E-state index contributed by atoms with van der Waals surface area (Å²) in [6, 6.07) is 8.15. The Hall–Kier alpha value is -2.08. The van der Waals surface area contributed by atoms with Crippen molar-refractivity contribution >= 4 is 11.8 Å². The van der Waals surface area contributed by atoms with Crippen molar-refractivity contribution in [3.8, 4) is 5.75 Å². The smallest absolute Gasteiger partial charge is 0.222 e. The Bertz CT molecular complexity index is 606. The zero-order valence-corrected chi connectivity index (χ0v) is 15.9. The van der Waals surface area contributed by atoms with E-state index in [9.17, 15) is 9.59 Å². The van der Waals surface area contributed by atoms with Crippen LogP contribution in [-0.4, -0.2) is 62.0 Å². The van der Waals surface area contributed by atoms with E-state index in [1.807, 2.05) is 25.2 Å². The van der Waals surface area contributed by atoms with Crippen LogP contribution in [0, 0.1) is 5.92 Å². The first-order chi connectivity index (χ1) is 12.5. The Morgan fingerprint density at radius 2 is 2.08 bits per heavy atom. The van der Waals surface area contributed by atoms with Gasteiger partial charge in [-0.25, -0.2) is 0 Å². The minimum absolute atomic E-state index is 0.00468. The molecule has 1 aromatic rings. The van der Waals surface area contributed by atoms with E-state index in [-0.39, 0.29) is 18.7 Å². The second-order valence-corrected chi connectivity index (χ2v) is 7.11. The molecule has 0 aliphatic carbocycles. The first-order valence-electron chi connectivity index (χ1n) is 9.36. The van der Waals surface area contributed by atoms with Crippen molar-refractivity contribution < 1.29 is 14.3 Å². The number of amides is 2. The van der Waals surface area contributed by atoms with Crippen molar-refractivity contribution in [2.24, 2.45) is 11.7 Å². The molecule has 0 saturated carbocycles. The average Bonchev–Trinajstić information content (AvgIpc) is 2.64. The molecule has 2 amide bonds. The van der Waals surface area contributed by atoms with Gasteiger partial charge in [-0.1, -0.05) is 18.2 Å². The minimum atomic E-state index is -0.424. The van der Waals surface area contributed by atoms with Gasteiger partial charge in [-0.15, -0.1) is 0 Å². The Labute approximate surface area is 156 Å². The van der Waals surface area contributed by atoms with Gasteiger partial charge < -0.3 is 20.3 Å². The van der Waals surface area contributed by atoms with E-state index in [0.717, 1.165) is 51.2 Å². The molecule has 1 aromatic carbocycles. The molecule has 1 aliphatic rings. The summed E-state index contributed by atoms with van der Waals surface area (Å²) in [6.07, 6.45) is 3.58. The number of para-hydroxylation sites is 1. The summed E-state index contributed by atoms with van der Waals surface area (Å²) < 4.78 is 5.43. The Balaban J connectivity index is 1.79. The summed E-state index contributed by atoms with van der Waals surface area (Å²) in [5.74, 6) is 0.992. The largest absolute Gasteiger partial charge is 0.496 e. The molecule has 2 N–H and O–H groups in total. The van der Waals surface area contributed by atoms with Gasteiger partial charge in [0.2, 0.25) is 11.8 Å². The molecule has 6 heteroatoms. The van der Waals surface area contributed by atoms with Crippen molar-refractivity contribution in [3.05, 3.63) is 29.8 Å². The predicted molar refractivity (Wildman–Crippen MR) is 102 cm³/mol. The lowest BCUT2D eigenvalue weighted by molar-refractivity contribution is -0.132. The Kier molecular flexibility index (Phi) is 7.91. The standard InChI is InChI=1S/C20H31N3O3/c1-22(20(25)10-9-19(21)24)14-16-6-5-12-23(15-16)13-11-17-7-3-4-8-18(17)26-2/h3-4,7-8,16H,5-6,9-15H2,1-2H3,(H2,21,24)/t16-/m0/s1. The fourth-order valence-corrected chi connectivity index (χ4v) is 3.60. The van der Waals surface area contributed by atoms with Crippen LogP contribution in [0.15, 0.2) is 24.3 Å². The third-order valence-electron chi connectivity index (χ3n) is 5.04. The monoisotopic (exact) mass is 361 g/mol. The van der Waals surface area contributed by atoms with Crippen LogP contribution < -0.4 is 10.5 Å². The van der Waals surface area contributed by atoms with Crippen LogP contribution in [0.5, 0.6) is 5.75 Å². The molecule has 1 heterocycles. The van der Waals surface area contributed by atoms with Gasteiger partial charge >= 0.3 is 0 Å². The molecular formula is C20H31N3O3. The normalized spacial score (nSPS) is 17.7. The van der Waals surface area contributed by atoms with Crippen molar-refractivity contribution in [1.82, 2.24) is 9.80 Å². The van der Waals surface area contributed by atoms with E-state index in [4.69, 9.17) is 10.5 Å². The van der Waals surface area contributed by atoms with Crippen LogP contribution in [0.3, 0.4) is 0 Å². The molecule has 1 atom stereocenters. The van der Waals surface area contributed by atoms with Crippen LogP contribution in [0.25, 0.3) is 0 Å². The third-order valence-corrected chi connectivity index (χ3v) is 5.04. The molecule has 2 rings (SSSR count). The average molecular weight is 361 g/mol. The van der Waals surface area contributed by atoms with Gasteiger partial charge in [-0.2, -0.15) is 0 Å². The number of rotatable bonds is 9. The summed E-state index contributed by atoms with van der Waals surface area (Å²) in [6.45, 7) is 3.84. The van der Waals surface area contributed by atoms with Gasteiger partial charge in [0, 0.05) is 39.5 Å². The molecule has 0 aromatic heterocycles. The quantitative estimate of drug-likeness (QED) is 0.726. The van der Waals surface area contributed by atoms with E-state index in [0.29, 0.717) is 5.92 Å². The van der Waals surface area contributed by atoms with Crippen molar-refractivity contribution in [1.29, 1.82) is 0 Å². The van der Waals surface area contributed by atoms with Crippen molar-refractivity contribution in [2.45, 2.75) is 32.1 Å². The second-order valence-electron chi connectivity index (χ2n) is 7.11. The molecule has 144 valence electrons. The topological polar surface area (TPSA) is 75.9 Å². The lowest BCUT2D eigenvalue weighted by Gasteiger charge is -2.34. The number of hydrogen-bond acceptors (Lipinski definition) is 4. The number of benzene rings is 1. The molecule has 1 fully saturated rings. The lowest BCUT2D eigenvalue weighted by Crippen LogP contribution is -2.42. The number of likely N-dealkylation sites (tertiary alicyclic amines) is 1. The van der Waals surface area contributed by atoms with Crippen LogP contribution in [0.2, 0.25) is 0 Å². The molecule has 1 saturated heterocycles. The molecular weight excluding hydrogens is 330 g/mol. The minimum Gasteiger partial charge on any atom is -0.496 e. The van der Waals surface area contributed by atoms with Gasteiger partial charge in [0.1, 0.15) is 5.75 Å². The molecule has 0 bridgehead atoms. The van der Waals surface area contributed by atoms with Crippen LogP contribution in [0.1, 0.15) is 31.2 Å². The highest BCUT2D eigenvalue weighted by molar-refractivity contribution is 5.82. The maximum atomic E-state index is 12.1. The Morgan fingerprint density at radius 1 is 1.31 bits per heavy atom. The highest BCUT2D eigenvalue weighted by Crippen LogP contribution is 2.21. The fraction of sp³-hybridized carbons (Fsp3) is 0.600. The second kappa shape index (κ2) is 10.2. The van der Waals surface area contributed by atoms with Crippen molar-refractivity contribution in [3.63, 3.8) is 0 Å². The van der Waals surface area contributed by atoms with E-state index in [2.05, 4.69) is 11.0 Å². The van der Waals surface area contributed by atoms with Gasteiger partial charge in [0.25, 0.3) is 0 Å². The van der Waals surface area contributed by atoms with Gasteiger partial charge in [0.05, 0.1) is 7.11 Å². The SMILES string of the molecule is COc1ccccc1CCN1CCC[C@@H](CN(C)C(=O)CCC(N)=O)C1. The summed E-state index contributed by atoms with van der Waals surface area (Å²) in [7, 11) is 3.53. The number of nitrogens with zero attached hydrogens (tertiary/aromatic N) is 2. The summed E-state index contributed by atoms with van der Waals surface area (Å²) in [5, 5.41) is 0. The highest BCUT2D eigenvalue weighted by atomic mass is 16.5. The van der Waals surface area contributed by atoms with E-state index >= 15 is 0 Å². The summed E-state index contributed by atoms with van der Waals surface area (Å²) in [5.41, 5.74) is 6.35. The molecule has 0 spiro atoms. The lowest BCUT2D eigenvalue weighted by atomic mass is 9.97. The number of piperidine rings is 1. The van der Waals surface area contributed by atoms with Crippen LogP contribution >= 0.6 is 0 Å². The number of primary amides is 1. The molecule has 26 heavy (non-hydrogen) atoms. The van der Waals surface area contributed by atoms with Gasteiger partial charge in [0.15, 0.2) is 0 Å². The first-order valence-corrected chi connectivity index (χ1v) is 9.36. The van der Waals surface area contributed by atoms with Crippen LogP contribution in [-0.2, 0) is 16.0 Å². The third kappa shape index (κ3) is 6.33. The number of nitrogens with two attached hydrogens (primary N) is 1. The fourth-order valence-electron chi connectivity index (χ4n) is 3.60. The number of carbonyl (C=O) groups excluding carboxylic acids is 2. The number of ether oxygens (including phenoxy) is 1. The maximum Gasteiger partial charge on any atom is 0.222 e. The van der Waals surface area contributed by atoms with E-state index < -0.39 is 5.91 Å². The van der Waals surface area contributed by atoms with Gasteiger partial charge in [-0.3, -0.25) is 9.59 Å². The summed E-state index contributed by atoms with van der Waals surface area (Å²) in [4.78, 5) is 27.1. The van der Waals surface area contributed by atoms with E-state index in [1.165, 1.54) is 5.56 Å². The summed E-state index contributed by atoms with van der Waals surface area (Å²) >= 11 is 0. The zero-order valence-electron chi connectivity index (χ0n) is 15.9. The zero-order chi connectivity index (χ0) is 18.9. The van der Waals surface area contributed by atoms with Crippen LogP contribution in [0.4, 0.5) is 0 Å². The molecule has 6 nitrogen and oxygen atoms in total. The number of carbonyl (C=O) groups is 2. The maximum absolute atomic E-state index is 12.1. The Morgan fingerprint density at radius 3 is 2.81 bits per heavy atom.